The number of nitrogens with one attached hydrogen (secondary N) is 1. The number of amides is 1. The normalized spacial score (nSPS) is 10.2. The summed E-state index contributed by atoms with van der Waals surface area (Å²) in [5, 5.41) is 3.01. The van der Waals surface area contributed by atoms with Crippen molar-refractivity contribution in [2.75, 3.05) is 60.1 Å². The Kier molecular flexibility index (Phi) is 7.48. The van der Waals surface area contributed by atoms with Gasteiger partial charge >= 0.3 is 0 Å². The molecule has 1 aromatic carbocycles. The summed E-state index contributed by atoms with van der Waals surface area (Å²) in [4.78, 5) is 13.7. The minimum absolute atomic E-state index is 0.0784. The Balaban J connectivity index is 2.88. The minimum atomic E-state index is -0.0784. The van der Waals surface area contributed by atoms with E-state index in [-0.39, 0.29) is 12.5 Å². The van der Waals surface area contributed by atoms with Crippen LogP contribution in [0.3, 0.4) is 0 Å². The summed E-state index contributed by atoms with van der Waals surface area (Å²) in [5.41, 5.74) is 0.660. The van der Waals surface area contributed by atoms with Gasteiger partial charge in [0.2, 0.25) is 11.7 Å². The molecule has 0 atom stereocenters. The van der Waals surface area contributed by atoms with Crippen LogP contribution in [0.15, 0.2) is 12.1 Å². The molecule has 0 spiro atoms. The Hall–Kier alpha value is -1.99. The summed E-state index contributed by atoms with van der Waals surface area (Å²) in [7, 11) is 7.92. The highest BCUT2D eigenvalue weighted by molar-refractivity contribution is 5.95. The highest BCUT2D eigenvalue weighted by Crippen LogP contribution is 2.40. The third-order valence-electron chi connectivity index (χ3n) is 3.17. The van der Waals surface area contributed by atoms with Crippen LogP contribution in [0.4, 0.5) is 5.69 Å². The van der Waals surface area contributed by atoms with Crippen LogP contribution in [-0.2, 0) is 9.53 Å². The van der Waals surface area contributed by atoms with E-state index in [1.165, 1.54) is 26.2 Å². The van der Waals surface area contributed by atoms with Crippen LogP contribution < -0.4 is 24.4 Å². The molecule has 1 amide bonds. The zero-order chi connectivity index (χ0) is 16.5. The monoisotopic (exact) mass is 312 g/mol. The van der Waals surface area contributed by atoms with Gasteiger partial charge in [0, 0.05) is 32.8 Å². The Morgan fingerprint density at radius 1 is 1.09 bits per heavy atom. The molecule has 22 heavy (non-hydrogen) atoms. The molecule has 0 heterocycles. The van der Waals surface area contributed by atoms with Crippen molar-refractivity contribution in [2.45, 2.75) is 0 Å². The zero-order valence-electron chi connectivity index (χ0n) is 13.8. The lowest BCUT2D eigenvalue weighted by Crippen LogP contribution is -2.36. The first-order valence-corrected chi connectivity index (χ1v) is 6.85. The molecular weight excluding hydrogens is 288 g/mol. The van der Waals surface area contributed by atoms with Gasteiger partial charge in [0.25, 0.3) is 0 Å². The number of ether oxygens (including phenoxy) is 4. The largest absolute Gasteiger partial charge is 0.493 e. The molecule has 1 N–H and O–H groups in total. The molecule has 0 fully saturated rings. The number of rotatable bonds is 9. The first-order valence-electron chi connectivity index (χ1n) is 6.85. The second-order valence-electron chi connectivity index (χ2n) is 4.51. The molecule has 0 radical (unpaired) electrons. The molecule has 0 aromatic heterocycles. The van der Waals surface area contributed by atoms with E-state index in [1.807, 2.05) is 0 Å². The van der Waals surface area contributed by atoms with E-state index in [4.69, 9.17) is 18.9 Å². The van der Waals surface area contributed by atoms with Crippen molar-refractivity contribution in [2.24, 2.45) is 0 Å². The molecule has 1 rings (SSSR count). The number of hydrogen-bond donors (Lipinski definition) is 1. The molecular formula is C15H24N2O5. The number of likely N-dealkylation sites (N-methyl/N-ethyl adjacent to an activating group) is 1. The van der Waals surface area contributed by atoms with Crippen molar-refractivity contribution in [1.82, 2.24) is 5.32 Å². The third-order valence-corrected chi connectivity index (χ3v) is 3.17. The fraction of sp³-hybridized carbons (Fsp3) is 0.533. The maximum Gasteiger partial charge on any atom is 0.240 e. The van der Waals surface area contributed by atoms with Crippen LogP contribution in [0, 0.1) is 0 Å². The van der Waals surface area contributed by atoms with E-state index < -0.39 is 0 Å². The van der Waals surface area contributed by atoms with E-state index >= 15 is 0 Å². The van der Waals surface area contributed by atoms with Gasteiger partial charge in [-0.25, -0.2) is 0 Å². The van der Waals surface area contributed by atoms with Gasteiger partial charge < -0.3 is 29.2 Å². The van der Waals surface area contributed by atoms with Crippen LogP contribution in [0.1, 0.15) is 0 Å². The Bertz CT molecular complexity index is 468. The van der Waals surface area contributed by atoms with Crippen molar-refractivity contribution < 1.29 is 23.7 Å². The highest BCUT2D eigenvalue weighted by Gasteiger charge is 2.18. The van der Waals surface area contributed by atoms with E-state index in [0.717, 1.165) is 0 Å². The molecule has 0 aliphatic carbocycles. The van der Waals surface area contributed by atoms with Gasteiger partial charge in [0.1, 0.15) is 0 Å². The lowest BCUT2D eigenvalue weighted by molar-refractivity contribution is -0.117. The number of carbonyl (C=O) groups excluding carboxylic acids is 1. The van der Waals surface area contributed by atoms with Crippen LogP contribution in [-0.4, -0.2) is 61.1 Å². The summed E-state index contributed by atoms with van der Waals surface area (Å²) in [6, 6.07) is 3.46. The smallest absolute Gasteiger partial charge is 0.240 e. The molecule has 0 unspecified atom stereocenters. The topological polar surface area (TPSA) is 69.3 Å². The molecule has 0 bridgehead atoms. The fourth-order valence-corrected chi connectivity index (χ4v) is 1.89. The Morgan fingerprint density at radius 2 is 1.68 bits per heavy atom. The minimum Gasteiger partial charge on any atom is -0.493 e. The summed E-state index contributed by atoms with van der Waals surface area (Å²) < 4.78 is 20.8. The number of methoxy groups -OCH3 is 4. The molecule has 0 aliphatic heterocycles. The number of benzene rings is 1. The maximum atomic E-state index is 12.2. The van der Waals surface area contributed by atoms with E-state index in [0.29, 0.717) is 36.1 Å². The van der Waals surface area contributed by atoms with E-state index in [1.54, 1.807) is 26.3 Å². The average molecular weight is 312 g/mol. The number of hydrogen-bond acceptors (Lipinski definition) is 6. The van der Waals surface area contributed by atoms with Gasteiger partial charge in [-0.15, -0.1) is 0 Å². The molecule has 0 saturated heterocycles. The predicted molar refractivity (Wildman–Crippen MR) is 84.3 cm³/mol. The van der Waals surface area contributed by atoms with Gasteiger partial charge in [-0.05, 0) is 0 Å². The predicted octanol–water partition coefficient (Wildman–Crippen LogP) is 0.911. The Labute approximate surface area is 131 Å². The van der Waals surface area contributed by atoms with Gasteiger partial charge in [0.05, 0.1) is 40.2 Å². The second kappa shape index (κ2) is 9.11. The Morgan fingerprint density at radius 3 is 2.14 bits per heavy atom. The highest BCUT2D eigenvalue weighted by atomic mass is 16.5. The maximum absolute atomic E-state index is 12.2. The van der Waals surface area contributed by atoms with Crippen LogP contribution in [0.25, 0.3) is 0 Å². The molecule has 1 aromatic rings. The quantitative estimate of drug-likeness (QED) is 0.684. The average Bonchev–Trinajstić information content (AvgIpc) is 2.56. The lowest BCUT2D eigenvalue weighted by atomic mass is 10.2. The van der Waals surface area contributed by atoms with E-state index in [2.05, 4.69) is 5.32 Å². The zero-order valence-corrected chi connectivity index (χ0v) is 13.8. The van der Waals surface area contributed by atoms with Crippen molar-refractivity contribution in [1.29, 1.82) is 0 Å². The van der Waals surface area contributed by atoms with Crippen molar-refractivity contribution >= 4 is 11.6 Å². The molecule has 7 heteroatoms. The summed E-state index contributed by atoms with van der Waals surface area (Å²) in [6.07, 6.45) is 0. The van der Waals surface area contributed by atoms with Gasteiger partial charge in [-0.3, -0.25) is 4.79 Å². The fourth-order valence-electron chi connectivity index (χ4n) is 1.89. The summed E-state index contributed by atoms with van der Waals surface area (Å²) >= 11 is 0. The van der Waals surface area contributed by atoms with E-state index in [9.17, 15) is 4.79 Å². The third kappa shape index (κ3) is 4.51. The summed E-state index contributed by atoms with van der Waals surface area (Å²) in [6.45, 7) is 1.39. The molecule has 7 nitrogen and oxygen atoms in total. The first kappa shape index (κ1) is 18.1. The van der Waals surface area contributed by atoms with Crippen LogP contribution in [0.5, 0.6) is 17.2 Å². The van der Waals surface area contributed by atoms with Gasteiger partial charge in [-0.1, -0.05) is 0 Å². The first-order chi connectivity index (χ1) is 10.6. The van der Waals surface area contributed by atoms with Crippen molar-refractivity contribution in [3.8, 4) is 17.2 Å². The molecule has 0 aliphatic rings. The van der Waals surface area contributed by atoms with Crippen molar-refractivity contribution in [3.05, 3.63) is 12.1 Å². The van der Waals surface area contributed by atoms with Crippen molar-refractivity contribution in [3.63, 3.8) is 0 Å². The second-order valence-corrected chi connectivity index (χ2v) is 4.51. The number of nitrogens with zero attached hydrogens (tertiary/aromatic N) is 1. The SMILES string of the molecule is COCCNCC(=O)N(C)c1cc(OC)c(OC)c(OC)c1. The molecule has 0 saturated carbocycles. The molecule has 124 valence electrons. The van der Waals surface area contributed by atoms with Gasteiger partial charge in [-0.2, -0.15) is 0 Å². The lowest BCUT2D eigenvalue weighted by Gasteiger charge is -2.21. The number of anilines is 1. The van der Waals surface area contributed by atoms with Crippen LogP contribution >= 0.6 is 0 Å². The standard InChI is InChI=1S/C15H24N2O5/c1-17(14(18)10-16-6-7-19-2)11-8-12(20-3)15(22-5)13(9-11)21-4/h8-9,16H,6-7,10H2,1-5H3. The number of carbonyl (C=O) groups is 1. The van der Waals surface area contributed by atoms with Crippen LogP contribution in [0.2, 0.25) is 0 Å². The summed E-state index contributed by atoms with van der Waals surface area (Å²) in [5.74, 6) is 1.42. The van der Waals surface area contributed by atoms with Gasteiger partial charge in [0.15, 0.2) is 11.5 Å².